The van der Waals surface area contributed by atoms with E-state index in [1.807, 2.05) is 18.2 Å². The number of hydrogen-bond donors (Lipinski definition) is 2. The molecule has 2 aromatic rings. The van der Waals surface area contributed by atoms with E-state index in [4.69, 9.17) is 9.52 Å². The van der Waals surface area contributed by atoms with Gasteiger partial charge in [0.2, 0.25) is 0 Å². The van der Waals surface area contributed by atoms with Gasteiger partial charge in [-0.1, -0.05) is 6.07 Å². The molecule has 0 aliphatic carbocycles. The van der Waals surface area contributed by atoms with Gasteiger partial charge < -0.3 is 14.8 Å². The summed E-state index contributed by atoms with van der Waals surface area (Å²) >= 11 is 0. The maximum absolute atomic E-state index is 10.6. The zero-order chi connectivity index (χ0) is 12.8. The van der Waals surface area contributed by atoms with Crippen molar-refractivity contribution in [3.8, 4) is 0 Å². The van der Waals surface area contributed by atoms with Crippen LogP contribution in [0, 0.1) is 0 Å². The average Bonchev–Trinajstić information content (AvgIpc) is 2.85. The van der Waals surface area contributed by atoms with Gasteiger partial charge in [-0.2, -0.15) is 0 Å². The van der Waals surface area contributed by atoms with Crippen molar-refractivity contribution in [3.63, 3.8) is 0 Å². The van der Waals surface area contributed by atoms with Crippen LogP contribution in [0.25, 0.3) is 0 Å². The Hall–Kier alpha value is -2.14. The van der Waals surface area contributed by atoms with E-state index in [9.17, 15) is 4.79 Å². The van der Waals surface area contributed by atoms with Crippen LogP contribution in [0.5, 0.6) is 0 Å². The van der Waals surface area contributed by atoms with Gasteiger partial charge in [0.15, 0.2) is 0 Å². The summed E-state index contributed by atoms with van der Waals surface area (Å²) in [7, 11) is 0. The van der Waals surface area contributed by atoms with E-state index in [1.54, 1.807) is 6.20 Å². The van der Waals surface area contributed by atoms with E-state index in [2.05, 4.69) is 10.3 Å². The molecule has 2 aromatic heterocycles. The van der Waals surface area contributed by atoms with Gasteiger partial charge in [0.1, 0.15) is 12.0 Å². The fraction of sp³-hybridized carbons (Fsp3) is 0.231. The molecule has 0 radical (unpaired) electrons. The lowest BCUT2D eigenvalue weighted by Crippen LogP contribution is -2.16. The highest BCUT2D eigenvalue weighted by Crippen LogP contribution is 2.07. The summed E-state index contributed by atoms with van der Waals surface area (Å²) < 4.78 is 5.12. The van der Waals surface area contributed by atoms with E-state index >= 15 is 0 Å². The fourth-order valence-corrected chi connectivity index (χ4v) is 1.56. The molecule has 0 aliphatic heterocycles. The van der Waals surface area contributed by atoms with Crippen LogP contribution in [0.2, 0.25) is 0 Å². The Morgan fingerprint density at radius 2 is 2.33 bits per heavy atom. The van der Waals surface area contributed by atoms with Crippen molar-refractivity contribution < 1.29 is 14.3 Å². The van der Waals surface area contributed by atoms with E-state index in [-0.39, 0.29) is 5.56 Å². The molecular formula is C13H14N2O3. The van der Waals surface area contributed by atoms with Gasteiger partial charge in [-0.3, -0.25) is 4.98 Å². The maximum Gasteiger partial charge on any atom is 0.338 e. The van der Waals surface area contributed by atoms with Crippen molar-refractivity contribution in [1.29, 1.82) is 0 Å². The third-order valence-electron chi connectivity index (χ3n) is 2.48. The van der Waals surface area contributed by atoms with Crippen molar-refractivity contribution in [3.05, 3.63) is 53.7 Å². The first-order chi connectivity index (χ1) is 8.75. The molecule has 2 rings (SSSR count). The summed E-state index contributed by atoms with van der Waals surface area (Å²) in [5, 5.41) is 11.9. The first-order valence-electron chi connectivity index (χ1n) is 5.67. The van der Waals surface area contributed by atoms with Gasteiger partial charge in [0, 0.05) is 24.9 Å². The second kappa shape index (κ2) is 5.97. The Morgan fingerprint density at radius 1 is 1.44 bits per heavy atom. The predicted molar refractivity (Wildman–Crippen MR) is 65.3 cm³/mol. The Kier molecular flexibility index (Phi) is 4.09. The number of hydrogen-bond acceptors (Lipinski definition) is 4. The Bertz CT molecular complexity index is 508. The lowest BCUT2D eigenvalue weighted by Gasteiger charge is -2.01. The number of aromatic nitrogens is 1. The highest BCUT2D eigenvalue weighted by atomic mass is 16.4. The summed E-state index contributed by atoms with van der Waals surface area (Å²) in [6.07, 6.45) is 3.84. The molecule has 0 saturated carbocycles. The Balaban J connectivity index is 1.73. The number of aromatic carboxylic acids is 1. The lowest BCUT2D eigenvalue weighted by atomic mass is 10.2. The molecule has 0 aromatic carbocycles. The van der Waals surface area contributed by atoms with Crippen LogP contribution in [-0.4, -0.2) is 22.6 Å². The number of nitrogens with one attached hydrogen (secondary N) is 1. The second-order valence-electron chi connectivity index (χ2n) is 3.85. The Labute approximate surface area is 104 Å². The molecule has 0 aliphatic rings. The summed E-state index contributed by atoms with van der Waals surface area (Å²) in [6, 6.07) is 7.33. The topological polar surface area (TPSA) is 75.4 Å². The van der Waals surface area contributed by atoms with Crippen molar-refractivity contribution in [2.75, 3.05) is 6.54 Å². The first kappa shape index (κ1) is 12.3. The van der Waals surface area contributed by atoms with Crippen LogP contribution in [0.3, 0.4) is 0 Å². The first-order valence-corrected chi connectivity index (χ1v) is 5.67. The van der Waals surface area contributed by atoms with Crippen molar-refractivity contribution in [2.24, 2.45) is 0 Å². The zero-order valence-corrected chi connectivity index (χ0v) is 9.80. The summed E-state index contributed by atoms with van der Waals surface area (Å²) in [6.45, 7) is 1.28. The third-order valence-corrected chi connectivity index (χ3v) is 2.48. The SMILES string of the molecule is O=C(O)c1coc(CNCCc2ccccn2)c1. The van der Waals surface area contributed by atoms with Crippen molar-refractivity contribution in [2.45, 2.75) is 13.0 Å². The third kappa shape index (κ3) is 3.43. The van der Waals surface area contributed by atoms with Gasteiger partial charge in [-0.05, 0) is 18.2 Å². The van der Waals surface area contributed by atoms with Gasteiger partial charge >= 0.3 is 5.97 Å². The monoisotopic (exact) mass is 246 g/mol. The largest absolute Gasteiger partial charge is 0.478 e. The molecule has 18 heavy (non-hydrogen) atoms. The number of rotatable bonds is 6. The minimum absolute atomic E-state index is 0.177. The molecule has 0 saturated heterocycles. The molecule has 0 spiro atoms. The van der Waals surface area contributed by atoms with Gasteiger partial charge in [0.05, 0.1) is 12.1 Å². The molecule has 0 amide bonds. The highest BCUT2D eigenvalue weighted by molar-refractivity contribution is 5.87. The molecule has 94 valence electrons. The van der Waals surface area contributed by atoms with Crippen LogP contribution in [0.15, 0.2) is 41.1 Å². The quantitative estimate of drug-likeness (QED) is 0.759. The molecular weight excluding hydrogens is 232 g/mol. The van der Waals surface area contributed by atoms with Gasteiger partial charge in [-0.15, -0.1) is 0 Å². The summed E-state index contributed by atoms with van der Waals surface area (Å²) in [5.74, 6) is -0.355. The smallest absolute Gasteiger partial charge is 0.338 e. The molecule has 0 atom stereocenters. The lowest BCUT2D eigenvalue weighted by molar-refractivity contribution is 0.0696. The van der Waals surface area contributed by atoms with Crippen LogP contribution in [0.4, 0.5) is 0 Å². The molecule has 5 nitrogen and oxygen atoms in total. The van der Waals surface area contributed by atoms with Crippen molar-refractivity contribution >= 4 is 5.97 Å². The van der Waals surface area contributed by atoms with Gasteiger partial charge in [-0.25, -0.2) is 4.79 Å². The van der Waals surface area contributed by atoms with E-state index in [0.717, 1.165) is 18.7 Å². The zero-order valence-electron chi connectivity index (χ0n) is 9.80. The number of nitrogens with zero attached hydrogens (tertiary/aromatic N) is 1. The number of furan rings is 1. The predicted octanol–water partition coefficient (Wildman–Crippen LogP) is 1.71. The maximum atomic E-state index is 10.6. The molecule has 5 heteroatoms. The number of pyridine rings is 1. The number of carbonyl (C=O) groups is 1. The number of carboxylic acid groups (broad SMARTS) is 1. The normalized spacial score (nSPS) is 10.4. The van der Waals surface area contributed by atoms with Crippen LogP contribution >= 0.6 is 0 Å². The van der Waals surface area contributed by atoms with E-state index < -0.39 is 5.97 Å². The molecule has 2 heterocycles. The average molecular weight is 246 g/mol. The summed E-state index contributed by atoms with van der Waals surface area (Å²) in [5.41, 5.74) is 1.20. The number of carboxylic acids is 1. The van der Waals surface area contributed by atoms with E-state index in [0.29, 0.717) is 12.3 Å². The second-order valence-corrected chi connectivity index (χ2v) is 3.85. The fourth-order valence-electron chi connectivity index (χ4n) is 1.56. The minimum Gasteiger partial charge on any atom is -0.478 e. The molecule has 0 bridgehead atoms. The van der Waals surface area contributed by atoms with Crippen LogP contribution < -0.4 is 5.32 Å². The van der Waals surface area contributed by atoms with Gasteiger partial charge in [0.25, 0.3) is 0 Å². The summed E-state index contributed by atoms with van der Waals surface area (Å²) in [4.78, 5) is 14.9. The van der Waals surface area contributed by atoms with Crippen LogP contribution in [-0.2, 0) is 13.0 Å². The standard InChI is InChI=1S/C13H14N2O3/c16-13(17)10-7-12(18-9-10)8-14-6-4-11-3-1-2-5-15-11/h1-3,5,7,9,14H,4,6,8H2,(H,16,17). The van der Waals surface area contributed by atoms with E-state index in [1.165, 1.54) is 12.3 Å². The Morgan fingerprint density at radius 3 is 3.00 bits per heavy atom. The molecule has 2 N–H and O–H groups in total. The highest BCUT2D eigenvalue weighted by Gasteiger charge is 2.07. The van der Waals surface area contributed by atoms with Crippen LogP contribution in [0.1, 0.15) is 21.8 Å². The molecule has 0 unspecified atom stereocenters. The van der Waals surface area contributed by atoms with Crippen molar-refractivity contribution in [1.82, 2.24) is 10.3 Å². The molecule has 0 fully saturated rings. The minimum atomic E-state index is -0.974.